The lowest BCUT2D eigenvalue weighted by molar-refractivity contribution is -0.144. The maximum Gasteiger partial charge on any atom is 0.328 e. The van der Waals surface area contributed by atoms with Crippen molar-refractivity contribution in [3.63, 3.8) is 0 Å². The maximum absolute atomic E-state index is 12.1. The van der Waals surface area contributed by atoms with E-state index in [1.165, 1.54) is 5.56 Å². The van der Waals surface area contributed by atoms with Crippen molar-refractivity contribution in [3.8, 4) is 0 Å². The summed E-state index contributed by atoms with van der Waals surface area (Å²) in [7, 11) is 0. The van der Waals surface area contributed by atoms with Crippen LogP contribution in [0.5, 0.6) is 0 Å². The molecule has 110 valence electrons. The molecule has 1 aromatic carbocycles. The summed E-state index contributed by atoms with van der Waals surface area (Å²) in [5.41, 5.74) is 2.16. The van der Waals surface area contributed by atoms with Crippen LogP contribution in [-0.4, -0.2) is 30.1 Å². The van der Waals surface area contributed by atoms with Crippen molar-refractivity contribution in [1.82, 2.24) is 4.98 Å². The molecule has 21 heavy (non-hydrogen) atoms. The molecule has 4 nitrogen and oxygen atoms in total. The number of nitrogens with zero attached hydrogens (tertiary/aromatic N) is 2. The maximum atomic E-state index is 12.1. The number of fused-ring (bicyclic) bond motifs is 1. The number of carbonyl (C=O) groups is 1. The molecule has 1 fully saturated rings. The summed E-state index contributed by atoms with van der Waals surface area (Å²) in [5, 5.41) is 1.16. The lowest BCUT2D eigenvalue weighted by Gasteiger charge is -2.24. The molecule has 2 heterocycles. The van der Waals surface area contributed by atoms with Gasteiger partial charge in [-0.15, -0.1) is 0 Å². The van der Waals surface area contributed by atoms with Crippen LogP contribution in [0.3, 0.4) is 0 Å². The molecule has 1 aromatic heterocycles. The lowest BCUT2D eigenvalue weighted by atomic mass is 10.1. The SMILES string of the molecule is CCOC(=O)[C@@H]1CCCN1c1cc(C)c2ccccc2n1. The number of esters is 1. The van der Waals surface area contributed by atoms with E-state index in [1.807, 2.05) is 25.1 Å². The van der Waals surface area contributed by atoms with E-state index in [9.17, 15) is 4.79 Å². The summed E-state index contributed by atoms with van der Waals surface area (Å²) in [6.45, 7) is 5.21. The summed E-state index contributed by atoms with van der Waals surface area (Å²) >= 11 is 0. The smallest absolute Gasteiger partial charge is 0.328 e. The van der Waals surface area contributed by atoms with Crippen LogP contribution in [0.25, 0.3) is 10.9 Å². The third-order valence-corrected chi connectivity index (χ3v) is 4.02. The summed E-state index contributed by atoms with van der Waals surface area (Å²) < 4.78 is 5.19. The van der Waals surface area contributed by atoms with Gasteiger partial charge in [-0.3, -0.25) is 0 Å². The molecular formula is C17H20N2O2. The number of rotatable bonds is 3. The van der Waals surface area contributed by atoms with Crippen molar-refractivity contribution >= 4 is 22.7 Å². The van der Waals surface area contributed by atoms with Crippen molar-refractivity contribution in [1.29, 1.82) is 0 Å². The molecular weight excluding hydrogens is 264 g/mol. The van der Waals surface area contributed by atoms with Gasteiger partial charge in [0.05, 0.1) is 12.1 Å². The van der Waals surface area contributed by atoms with Gasteiger partial charge in [0.15, 0.2) is 0 Å². The van der Waals surface area contributed by atoms with E-state index in [2.05, 4.69) is 24.0 Å². The van der Waals surface area contributed by atoms with Crippen LogP contribution >= 0.6 is 0 Å². The first-order chi connectivity index (χ1) is 10.2. The number of hydrogen-bond donors (Lipinski definition) is 0. The molecule has 0 spiro atoms. The van der Waals surface area contributed by atoms with Crippen LogP contribution in [0, 0.1) is 6.92 Å². The number of benzene rings is 1. The summed E-state index contributed by atoms with van der Waals surface area (Å²) in [4.78, 5) is 18.9. The zero-order valence-corrected chi connectivity index (χ0v) is 12.5. The Balaban J connectivity index is 1.97. The number of hydrogen-bond acceptors (Lipinski definition) is 4. The Morgan fingerprint density at radius 3 is 3.05 bits per heavy atom. The van der Waals surface area contributed by atoms with E-state index in [-0.39, 0.29) is 12.0 Å². The second-order valence-corrected chi connectivity index (χ2v) is 5.42. The Morgan fingerprint density at radius 2 is 2.24 bits per heavy atom. The molecule has 0 N–H and O–H groups in total. The molecule has 0 radical (unpaired) electrons. The molecule has 0 saturated carbocycles. The van der Waals surface area contributed by atoms with Gasteiger partial charge in [-0.05, 0) is 44.4 Å². The average molecular weight is 284 g/mol. The quantitative estimate of drug-likeness (QED) is 0.812. The second-order valence-electron chi connectivity index (χ2n) is 5.42. The predicted molar refractivity (Wildman–Crippen MR) is 83.5 cm³/mol. The number of pyridine rings is 1. The van der Waals surface area contributed by atoms with Gasteiger partial charge in [0.25, 0.3) is 0 Å². The fourth-order valence-electron chi connectivity index (χ4n) is 3.00. The topological polar surface area (TPSA) is 42.4 Å². The fraction of sp³-hybridized carbons (Fsp3) is 0.412. The third-order valence-electron chi connectivity index (χ3n) is 4.02. The molecule has 1 aliphatic rings. The zero-order valence-electron chi connectivity index (χ0n) is 12.5. The highest BCUT2D eigenvalue weighted by molar-refractivity contribution is 5.85. The minimum Gasteiger partial charge on any atom is -0.464 e. The van der Waals surface area contributed by atoms with E-state index in [1.54, 1.807) is 0 Å². The number of para-hydroxylation sites is 1. The first-order valence-corrected chi connectivity index (χ1v) is 7.50. The Labute approximate surface area is 124 Å². The van der Waals surface area contributed by atoms with E-state index in [4.69, 9.17) is 9.72 Å². The minimum atomic E-state index is -0.196. The number of aryl methyl sites for hydroxylation is 1. The molecule has 4 heteroatoms. The van der Waals surface area contributed by atoms with Gasteiger partial charge in [0.2, 0.25) is 0 Å². The van der Waals surface area contributed by atoms with Crippen molar-refractivity contribution in [3.05, 3.63) is 35.9 Å². The molecule has 0 aliphatic carbocycles. The van der Waals surface area contributed by atoms with Crippen LogP contribution in [0.15, 0.2) is 30.3 Å². The van der Waals surface area contributed by atoms with E-state index in [0.717, 1.165) is 36.1 Å². The average Bonchev–Trinajstić information content (AvgIpc) is 2.97. The normalized spacial score (nSPS) is 18.2. The van der Waals surface area contributed by atoms with Gasteiger partial charge in [-0.25, -0.2) is 9.78 Å². The summed E-state index contributed by atoms with van der Waals surface area (Å²) in [6.07, 6.45) is 1.84. The van der Waals surface area contributed by atoms with Crippen LogP contribution in [0.4, 0.5) is 5.82 Å². The molecule has 1 saturated heterocycles. The zero-order chi connectivity index (χ0) is 14.8. The van der Waals surface area contributed by atoms with Crippen molar-refractivity contribution < 1.29 is 9.53 Å². The Bertz CT molecular complexity index is 669. The van der Waals surface area contributed by atoms with Gasteiger partial charge < -0.3 is 9.64 Å². The predicted octanol–water partition coefficient (Wildman–Crippen LogP) is 3.08. The summed E-state index contributed by atoms with van der Waals surface area (Å²) in [6, 6.07) is 9.98. The van der Waals surface area contributed by atoms with Crippen LogP contribution in [-0.2, 0) is 9.53 Å². The van der Waals surface area contributed by atoms with E-state index in [0.29, 0.717) is 6.61 Å². The molecule has 3 rings (SSSR count). The van der Waals surface area contributed by atoms with Crippen LogP contribution in [0.1, 0.15) is 25.3 Å². The standard InChI is InChI=1S/C17H20N2O2/c1-3-21-17(20)15-9-6-10-19(15)16-11-12(2)13-7-4-5-8-14(13)18-16/h4-5,7-8,11,15H,3,6,9-10H2,1-2H3/t15-/m0/s1. The van der Waals surface area contributed by atoms with Gasteiger partial charge in [0.1, 0.15) is 11.9 Å². The van der Waals surface area contributed by atoms with E-state index >= 15 is 0 Å². The summed E-state index contributed by atoms with van der Waals surface area (Å²) in [5.74, 6) is 0.740. The first kappa shape index (κ1) is 13.9. The molecule has 2 aromatic rings. The Morgan fingerprint density at radius 1 is 1.43 bits per heavy atom. The highest BCUT2D eigenvalue weighted by Gasteiger charge is 2.32. The minimum absolute atomic E-state index is 0.136. The van der Waals surface area contributed by atoms with Crippen LogP contribution < -0.4 is 4.90 Å². The number of anilines is 1. The van der Waals surface area contributed by atoms with Crippen molar-refractivity contribution in [2.45, 2.75) is 32.7 Å². The second kappa shape index (κ2) is 5.72. The van der Waals surface area contributed by atoms with Crippen molar-refractivity contribution in [2.75, 3.05) is 18.1 Å². The van der Waals surface area contributed by atoms with Gasteiger partial charge in [-0.2, -0.15) is 0 Å². The Kier molecular flexibility index (Phi) is 3.78. The van der Waals surface area contributed by atoms with Gasteiger partial charge >= 0.3 is 5.97 Å². The molecule has 0 unspecified atom stereocenters. The van der Waals surface area contributed by atoms with Gasteiger partial charge in [0, 0.05) is 11.9 Å². The molecule has 1 atom stereocenters. The molecule has 0 bridgehead atoms. The Hall–Kier alpha value is -2.10. The highest BCUT2D eigenvalue weighted by Crippen LogP contribution is 2.28. The number of aromatic nitrogens is 1. The monoisotopic (exact) mass is 284 g/mol. The van der Waals surface area contributed by atoms with E-state index < -0.39 is 0 Å². The first-order valence-electron chi connectivity index (χ1n) is 7.50. The largest absolute Gasteiger partial charge is 0.464 e. The van der Waals surface area contributed by atoms with Gasteiger partial charge in [-0.1, -0.05) is 18.2 Å². The molecule has 1 aliphatic heterocycles. The number of carbonyl (C=O) groups excluding carboxylic acids is 1. The molecule has 0 amide bonds. The third kappa shape index (κ3) is 2.58. The lowest BCUT2D eigenvalue weighted by Crippen LogP contribution is -2.37. The number of ether oxygens (including phenoxy) is 1. The van der Waals surface area contributed by atoms with Crippen LogP contribution in [0.2, 0.25) is 0 Å². The van der Waals surface area contributed by atoms with Crippen molar-refractivity contribution in [2.24, 2.45) is 0 Å². The highest BCUT2D eigenvalue weighted by atomic mass is 16.5. The fourth-order valence-corrected chi connectivity index (χ4v) is 3.00.